The molecular weight excluding hydrogens is 441 g/mol. The van der Waals surface area contributed by atoms with Gasteiger partial charge in [0.05, 0.1) is 10.6 Å². The zero-order valence-electron chi connectivity index (χ0n) is 15.6. The van der Waals surface area contributed by atoms with Gasteiger partial charge in [-0.15, -0.1) is 0 Å². The van der Waals surface area contributed by atoms with Crippen LogP contribution >= 0.6 is 35.4 Å². The highest BCUT2D eigenvalue weighted by atomic mass is 35.5. The number of carbonyl (C=O) groups excluding carboxylic acids is 2. The van der Waals surface area contributed by atoms with Crippen molar-refractivity contribution in [3.63, 3.8) is 0 Å². The number of nitrogens with one attached hydrogen (secondary N) is 3. The summed E-state index contributed by atoms with van der Waals surface area (Å²) in [5, 5.41) is 9.09. The van der Waals surface area contributed by atoms with Gasteiger partial charge < -0.3 is 10.6 Å². The van der Waals surface area contributed by atoms with Crippen molar-refractivity contribution >= 4 is 58.0 Å². The molecule has 3 aromatic rings. The van der Waals surface area contributed by atoms with Gasteiger partial charge in [0.25, 0.3) is 11.8 Å². The minimum atomic E-state index is -0.453. The molecule has 0 aromatic heterocycles. The molecule has 0 fully saturated rings. The summed E-state index contributed by atoms with van der Waals surface area (Å²) in [7, 11) is 0. The van der Waals surface area contributed by atoms with E-state index in [-0.39, 0.29) is 21.6 Å². The van der Waals surface area contributed by atoms with E-state index in [1.54, 1.807) is 30.3 Å². The number of thiocarbonyl (C=S) groups is 1. The van der Waals surface area contributed by atoms with Gasteiger partial charge >= 0.3 is 0 Å². The Hall–Kier alpha value is -2.93. The molecule has 0 atom stereocenters. The van der Waals surface area contributed by atoms with Crippen LogP contribution in [0.3, 0.4) is 0 Å². The Labute approximate surface area is 189 Å². The molecule has 0 heterocycles. The van der Waals surface area contributed by atoms with Crippen molar-refractivity contribution in [2.75, 3.05) is 5.32 Å². The molecule has 3 rings (SSSR count). The molecule has 8 heteroatoms. The Balaban J connectivity index is 1.53. The maximum Gasteiger partial charge on any atom is 0.258 e. The normalized spacial score (nSPS) is 10.2. The Morgan fingerprint density at radius 2 is 1.57 bits per heavy atom. The van der Waals surface area contributed by atoms with E-state index in [0.717, 1.165) is 5.56 Å². The number of amides is 2. The summed E-state index contributed by atoms with van der Waals surface area (Å²) < 4.78 is 0. The van der Waals surface area contributed by atoms with Gasteiger partial charge in [-0.2, -0.15) is 0 Å². The van der Waals surface area contributed by atoms with Crippen molar-refractivity contribution in [1.29, 1.82) is 0 Å². The summed E-state index contributed by atoms with van der Waals surface area (Å²) in [4.78, 5) is 24.6. The maximum absolute atomic E-state index is 12.3. The first-order valence-corrected chi connectivity index (χ1v) is 10.1. The predicted molar refractivity (Wildman–Crippen MR) is 124 cm³/mol. The van der Waals surface area contributed by atoms with Crippen molar-refractivity contribution in [1.82, 2.24) is 10.6 Å². The summed E-state index contributed by atoms with van der Waals surface area (Å²) in [6, 6.07) is 21.0. The van der Waals surface area contributed by atoms with Gasteiger partial charge in [0, 0.05) is 22.8 Å². The lowest BCUT2D eigenvalue weighted by Crippen LogP contribution is -2.34. The fourth-order valence-corrected chi connectivity index (χ4v) is 3.30. The molecule has 0 saturated heterocycles. The van der Waals surface area contributed by atoms with Crippen LogP contribution in [0.5, 0.6) is 0 Å². The molecule has 3 aromatic carbocycles. The van der Waals surface area contributed by atoms with Gasteiger partial charge in [0.2, 0.25) is 0 Å². The minimum Gasteiger partial charge on any atom is -0.348 e. The molecule has 0 aliphatic rings. The van der Waals surface area contributed by atoms with Crippen molar-refractivity contribution in [3.8, 4) is 0 Å². The smallest absolute Gasteiger partial charge is 0.258 e. The standard InChI is InChI=1S/C22H17Cl2N3O2S/c23-16-8-11-18(19(24)12-16)21(29)27-22(30)26-17-9-6-15(7-10-17)20(28)25-13-14-4-2-1-3-5-14/h1-12H,13H2,(H,25,28)(H2,26,27,29,30). The highest BCUT2D eigenvalue weighted by molar-refractivity contribution is 7.80. The SMILES string of the molecule is O=C(NCc1ccccc1)c1ccc(NC(=S)NC(=O)c2ccc(Cl)cc2Cl)cc1. The van der Waals surface area contributed by atoms with E-state index in [1.165, 1.54) is 12.1 Å². The second-order valence-electron chi connectivity index (χ2n) is 6.28. The number of carbonyl (C=O) groups is 2. The van der Waals surface area contributed by atoms with Gasteiger partial charge in [-0.3, -0.25) is 14.9 Å². The highest BCUT2D eigenvalue weighted by Crippen LogP contribution is 2.21. The molecule has 2 amide bonds. The van der Waals surface area contributed by atoms with E-state index in [2.05, 4.69) is 16.0 Å². The number of hydrogen-bond acceptors (Lipinski definition) is 3. The molecule has 0 saturated carbocycles. The Morgan fingerprint density at radius 3 is 2.23 bits per heavy atom. The van der Waals surface area contributed by atoms with E-state index in [1.807, 2.05) is 30.3 Å². The second-order valence-corrected chi connectivity index (χ2v) is 7.53. The first kappa shape index (κ1) is 21.8. The Morgan fingerprint density at radius 1 is 0.867 bits per heavy atom. The molecular formula is C22H17Cl2N3O2S. The van der Waals surface area contributed by atoms with Gasteiger partial charge in [-0.25, -0.2) is 0 Å². The van der Waals surface area contributed by atoms with Crippen molar-refractivity contribution in [2.45, 2.75) is 6.54 Å². The number of rotatable bonds is 5. The van der Waals surface area contributed by atoms with Crippen LogP contribution in [0.1, 0.15) is 26.3 Å². The van der Waals surface area contributed by atoms with E-state index in [0.29, 0.717) is 22.8 Å². The number of anilines is 1. The van der Waals surface area contributed by atoms with Gasteiger partial charge in [-0.05, 0) is 60.2 Å². The third-order valence-electron chi connectivity index (χ3n) is 4.10. The third kappa shape index (κ3) is 6.03. The summed E-state index contributed by atoms with van der Waals surface area (Å²) in [6.07, 6.45) is 0. The van der Waals surface area contributed by atoms with Crippen LogP contribution in [-0.2, 0) is 6.54 Å². The Bertz CT molecular complexity index is 1070. The molecule has 0 bridgehead atoms. The molecule has 30 heavy (non-hydrogen) atoms. The zero-order chi connectivity index (χ0) is 21.5. The largest absolute Gasteiger partial charge is 0.348 e. The van der Waals surface area contributed by atoms with Gasteiger partial charge in [0.1, 0.15) is 0 Å². The lowest BCUT2D eigenvalue weighted by molar-refractivity contribution is 0.0948. The summed E-state index contributed by atoms with van der Waals surface area (Å²) >= 11 is 17.0. The fourth-order valence-electron chi connectivity index (χ4n) is 2.59. The van der Waals surface area contributed by atoms with Crippen LogP contribution in [0.4, 0.5) is 5.69 Å². The number of hydrogen-bond donors (Lipinski definition) is 3. The summed E-state index contributed by atoms with van der Waals surface area (Å²) in [5.74, 6) is -0.635. The molecule has 3 N–H and O–H groups in total. The zero-order valence-corrected chi connectivity index (χ0v) is 17.9. The molecule has 0 aliphatic heterocycles. The molecule has 5 nitrogen and oxygen atoms in total. The van der Waals surface area contributed by atoms with Crippen LogP contribution in [0.2, 0.25) is 10.0 Å². The lowest BCUT2D eigenvalue weighted by Gasteiger charge is -2.11. The molecule has 0 unspecified atom stereocenters. The topological polar surface area (TPSA) is 70.2 Å². The van der Waals surface area contributed by atoms with E-state index >= 15 is 0 Å². The van der Waals surface area contributed by atoms with Crippen LogP contribution in [0.25, 0.3) is 0 Å². The van der Waals surface area contributed by atoms with E-state index in [4.69, 9.17) is 35.4 Å². The second kappa shape index (κ2) is 10.2. The van der Waals surface area contributed by atoms with Crippen molar-refractivity contribution < 1.29 is 9.59 Å². The lowest BCUT2D eigenvalue weighted by atomic mass is 10.2. The van der Waals surface area contributed by atoms with Gasteiger partial charge in [0.15, 0.2) is 5.11 Å². The number of benzene rings is 3. The highest BCUT2D eigenvalue weighted by Gasteiger charge is 2.12. The van der Waals surface area contributed by atoms with E-state index < -0.39 is 5.91 Å². The average Bonchev–Trinajstić information content (AvgIpc) is 2.73. The predicted octanol–water partition coefficient (Wildman–Crippen LogP) is 5.05. The first-order chi connectivity index (χ1) is 14.4. The molecule has 152 valence electrons. The van der Waals surface area contributed by atoms with Crippen LogP contribution in [0.15, 0.2) is 72.8 Å². The molecule has 0 aliphatic carbocycles. The van der Waals surface area contributed by atoms with Crippen LogP contribution in [-0.4, -0.2) is 16.9 Å². The summed E-state index contributed by atoms with van der Waals surface area (Å²) in [6.45, 7) is 0.447. The number of halogens is 2. The van der Waals surface area contributed by atoms with Crippen molar-refractivity contribution in [2.24, 2.45) is 0 Å². The average molecular weight is 458 g/mol. The van der Waals surface area contributed by atoms with Crippen LogP contribution in [0, 0.1) is 0 Å². The third-order valence-corrected chi connectivity index (χ3v) is 4.86. The van der Waals surface area contributed by atoms with Gasteiger partial charge in [-0.1, -0.05) is 53.5 Å². The minimum absolute atomic E-state index is 0.104. The molecule has 0 spiro atoms. The maximum atomic E-state index is 12.3. The fraction of sp³-hybridized carbons (Fsp3) is 0.0455. The van der Waals surface area contributed by atoms with E-state index in [9.17, 15) is 9.59 Å². The monoisotopic (exact) mass is 457 g/mol. The Kier molecular flexibility index (Phi) is 7.41. The quantitative estimate of drug-likeness (QED) is 0.468. The first-order valence-electron chi connectivity index (χ1n) is 8.92. The van der Waals surface area contributed by atoms with Crippen LogP contribution < -0.4 is 16.0 Å². The molecule has 0 radical (unpaired) electrons. The van der Waals surface area contributed by atoms with Crippen molar-refractivity contribution in [3.05, 3.63) is 99.5 Å². The summed E-state index contributed by atoms with van der Waals surface area (Å²) in [5.41, 5.74) is 2.42.